The van der Waals surface area contributed by atoms with E-state index in [4.69, 9.17) is 15.0 Å². The van der Waals surface area contributed by atoms with Gasteiger partial charge in [0, 0.05) is 79.1 Å². The van der Waals surface area contributed by atoms with Gasteiger partial charge in [0.2, 0.25) is 0 Å². The Bertz CT molecular complexity index is 3810. The van der Waals surface area contributed by atoms with E-state index in [-0.39, 0.29) is 0 Å². The molecule has 13 rings (SSSR count). The number of benzene rings is 9. The van der Waals surface area contributed by atoms with Gasteiger partial charge in [-0.25, -0.2) is 15.0 Å². The van der Waals surface area contributed by atoms with Gasteiger partial charge >= 0.3 is 0 Å². The van der Waals surface area contributed by atoms with Crippen LogP contribution in [0, 0.1) is 0 Å². The van der Waals surface area contributed by atoms with Crippen LogP contribution in [0.1, 0.15) is 0 Å². The molecule has 0 saturated carbocycles. The van der Waals surface area contributed by atoms with Gasteiger partial charge in [-0.05, 0) is 71.3 Å². The van der Waals surface area contributed by atoms with Crippen LogP contribution < -0.4 is 0 Å². The fourth-order valence-corrected chi connectivity index (χ4v) is 11.7. The normalized spacial score (nSPS) is 11.8. The van der Waals surface area contributed by atoms with Crippen molar-refractivity contribution >= 4 is 84.8 Å². The second-order valence-corrected chi connectivity index (χ2v) is 18.1. The van der Waals surface area contributed by atoms with E-state index in [0.717, 1.165) is 33.5 Å². The summed E-state index contributed by atoms with van der Waals surface area (Å²) >= 11 is 3.78. The molecule has 0 amide bonds. The first-order valence-electron chi connectivity index (χ1n) is 21.1. The molecule has 4 aromatic heterocycles. The van der Waals surface area contributed by atoms with Gasteiger partial charge in [0.25, 0.3) is 0 Å². The van der Waals surface area contributed by atoms with Gasteiger partial charge in [-0.3, -0.25) is 0 Å². The topological polar surface area (TPSA) is 43.6 Å². The standard InChI is InChI=1S/C57H34N4S2/c1-3-15-35(16-4-1)55-58-56(36-17-5-2-6-18-36)60-57(59-55)40-22-14-20-38(32-40)37-19-13-21-39(31-37)45-33-41(61-47-26-10-7-23-42(47)43-24-8-11-27-48(43)61)34-46-53-51(63-54(45)46)30-29-50-52(53)44-25-9-12-28-49(44)62-50/h1-34H. The maximum atomic E-state index is 5.05. The van der Waals surface area contributed by atoms with Crippen LogP contribution in [0.25, 0.3) is 124 Å². The van der Waals surface area contributed by atoms with E-state index in [1.807, 2.05) is 83.3 Å². The van der Waals surface area contributed by atoms with Crippen LogP contribution in [0.2, 0.25) is 0 Å². The molecule has 63 heavy (non-hydrogen) atoms. The summed E-state index contributed by atoms with van der Waals surface area (Å²) in [5.74, 6) is 1.93. The molecule has 13 aromatic rings. The van der Waals surface area contributed by atoms with Gasteiger partial charge in [0.15, 0.2) is 17.5 Å². The average Bonchev–Trinajstić information content (AvgIpc) is 4.04. The molecule has 6 heteroatoms. The van der Waals surface area contributed by atoms with Crippen molar-refractivity contribution in [2.24, 2.45) is 0 Å². The molecule has 294 valence electrons. The molecule has 0 saturated heterocycles. The Balaban J connectivity index is 1.02. The molecule has 0 atom stereocenters. The molecule has 0 N–H and O–H groups in total. The summed E-state index contributed by atoms with van der Waals surface area (Å²) in [6, 6.07) is 73.8. The number of hydrogen-bond acceptors (Lipinski definition) is 5. The first-order chi connectivity index (χ1) is 31.2. The fourth-order valence-electron chi connectivity index (χ4n) is 9.36. The Morgan fingerprint density at radius 1 is 0.317 bits per heavy atom. The highest BCUT2D eigenvalue weighted by atomic mass is 32.1. The molecule has 0 aliphatic carbocycles. The van der Waals surface area contributed by atoms with Crippen molar-refractivity contribution in [2.75, 3.05) is 0 Å². The van der Waals surface area contributed by atoms with Crippen LogP contribution in [-0.4, -0.2) is 19.5 Å². The smallest absolute Gasteiger partial charge is 0.164 e. The van der Waals surface area contributed by atoms with E-state index in [1.54, 1.807) is 0 Å². The third-order valence-corrected chi connectivity index (χ3v) is 14.6. The molecule has 0 radical (unpaired) electrons. The minimum atomic E-state index is 0.638. The molecular weight excluding hydrogens is 805 g/mol. The molecule has 0 unspecified atom stereocenters. The second kappa shape index (κ2) is 14.4. The Hall–Kier alpha value is -7.77. The molecule has 0 spiro atoms. The summed E-state index contributed by atoms with van der Waals surface area (Å²) in [6.45, 7) is 0. The first kappa shape index (κ1) is 35.9. The van der Waals surface area contributed by atoms with Crippen LogP contribution in [0.5, 0.6) is 0 Å². The van der Waals surface area contributed by atoms with Gasteiger partial charge in [-0.1, -0.05) is 152 Å². The summed E-state index contributed by atoms with van der Waals surface area (Å²) in [6.07, 6.45) is 0. The molecular formula is C57H34N4S2. The van der Waals surface area contributed by atoms with Crippen LogP contribution in [0.15, 0.2) is 206 Å². The third-order valence-electron chi connectivity index (χ3n) is 12.2. The van der Waals surface area contributed by atoms with Gasteiger partial charge in [-0.2, -0.15) is 0 Å². The second-order valence-electron chi connectivity index (χ2n) is 16.0. The molecule has 4 heterocycles. The highest BCUT2D eigenvalue weighted by molar-refractivity contribution is 7.28. The molecule has 0 aliphatic heterocycles. The quantitative estimate of drug-likeness (QED) is 0.168. The molecule has 0 bridgehead atoms. The molecule has 4 nitrogen and oxygen atoms in total. The zero-order valence-corrected chi connectivity index (χ0v) is 35.4. The predicted octanol–water partition coefficient (Wildman–Crippen LogP) is 16.0. The lowest BCUT2D eigenvalue weighted by Crippen LogP contribution is -2.00. The number of fused-ring (bicyclic) bond motifs is 10. The summed E-state index contributed by atoms with van der Waals surface area (Å²) < 4.78 is 7.68. The lowest BCUT2D eigenvalue weighted by molar-refractivity contribution is 1.07. The van der Waals surface area contributed by atoms with Gasteiger partial charge in [0.05, 0.1) is 11.0 Å². The summed E-state index contributed by atoms with van der Waals surface area (Å²) in [4.78, 5) is 15.0. The molecule has 9 aromatic carbocycles. The summed E-state index contributed by atoms with van der Waals surface area (Å²) in [5, 5.41) is 7.78. The molecule has 0 aliphatic rings. The largest absolute Gasteiger partial charge is 0.309 e. The number of para-hydroxylation sites is 2. The number of aromatic nitrogens is 4. The Morgan fingerprint density at radius 3 is 1.44 bits per heavy atom. The fraction of sp³-hybridized carbons (Fsp3) is 0. The van der Waals surface area contributed by atoms with Crippen molar-refractivity contribution < 1.29 is 0 Å². The van der Waals surface area contributed by atoms with Crippen molar-refractivity contribution in [3.05, 3.63) is 206 Å². The van der Waals surface area contributed by atoms with E-state index in [1.165, 1.54) is 73.3 Å². The lowest BCUT2D eigenvalue weighted by Gasteiger charge is -2.14. The van der Waals surface area contributed by atoms with Crippen LogP contribution >= 0.6 is 22.7 Å². The highest BCUT2D eigenvalue weighted by Crippen LogP contribution is 2.48. The van der Waals surface area contributed by atoms with Crippen LogP contribution in [-0.2, 0) is 0 Å². The third kappa shape index (κ3) is 5.91. The van der Waals surface area contributed by atoms with Gasteiger partial charge < -0.3 is 4.57 Å². The SMILES string of the molecule is c1ccc(-c2nc(-c3ccccc3)nc(-c3cccc(-c4cccc(-c5cc(-n6c7ccccc7c7ccccc76)cc6c5sc5ccc7sc8ccccc8c7c56)c4)c3)n2)cc1. The van der Waals surface area contributed by atoms with Crippen molar-refractivity contribution in [2.45, 2.75) is 0 Å². The Kier molecular flexibility index (Phi) is 8.22. The zero-order chi connectivity index (χ0) is 41.4. The Morgan fingerprint density at radius 2 is 0.794 bits per heavy atom. The Labute approximate surface area is 370 Å². The van der Waals surface area contributed by atoms with Crippen LogP contribution in [0.3, 0.4) is 0 Å². The maximum absolute atomic E-state index is 5.05. The lowest BCUT2D eigenvalue weighted by atomic mass is 9.96. The summed E-state index contributed by atoms with van der Waals surface area (Å²) in [7, 11) is 0. The first-order valence-corrected chi connectivity index (χ1v) is 22.7. The van der Waals surface area contributed by atoms with Crippen molar-refractivity contribution in [1.29, 1.82) is 0 Å². The number of thiophene rings is 2. The van der Waals surface area contributed by atoms with Crippen molar-refractivity contribution in [3.8, 4) is 62.1 Å². The zero-order valence-electron chi connectivity index (χ0n) is 33.7. The van der Waals surface area contributed by atoms with E-state index < -0.39 is 0 Å². The number of hydrogen-bond donors (Lipinski definition) is 0. The van der Waals surface area contributed by atoms with Gasteiger partial charge in [0.1, 0.15) is 0 Å². The average molecular weight is 839 g/mol. The number of rotatable bonds is 6. The summed E-state index contributed by atoms with van der Waals surface area (Å²) in [5.41, 5.74) is 11.0. The highest BCUT2D eigenvalue weighted by Gasteiger charge is 2.21. The van der Waals surface area contributed by atoms with Crippen molar-refractivity contribution in [1.82, 2.24) is 19.5 Å². The van der Waals surface area contributed by atoms with Gasteiger partial charge in [-0.15, -0.1) is 22.7 Å². The van der Waals surface area contributed by atoms with E-state index in [0.29, 0.717) is 17.5 Å². The van der Waals surface area contributed by atoms with E-state index in [2.05, 4.69) is 150 Å². The predicted molar refractivity (Wildman–Crippen MR) is 267 cm³/mol. The van der Waals surface area contributed by atoms with E-state index >= 15 is 0 Å². The number of nitrogens with zero attached hydrogens (tertiary/aromatic N) is 4. The molecule has 0 fully saturated rings. The maximum Gasteiger partial charge on any atom is 0.164 e. The van der Waals surface area contributed by atoms with E-state index in [9.17, 15) is 0 Å². The minimum Gasteiger partial charge on any atom is -0.309 e. The van der Waals surface area contributed by atoms with Crippen LogP contribution in [0.4, 0.5) is 0 Å². The van der Waals surface area contributed by atoms with Crippen molar-refractivity contribution in [3.63, 3.8) is 0 Å². The minimum absolute atomic E-state index is 0.638. The monoisotopic (exact) mass is 838 g/mol.